The lowest BCUT2D eigenvalue weighted by atomic mass is 9.98. The molecule has 3 rings (SSSR count). The SMILES string of the molecule is CCCCCN(C(N)=O)C(=O)[C@@H](NC(=O)[C@H](Cc1ccccc1)N(C)C(=O)[C@@H](C)NC[C@H](NC(=O)[C@H](CC(C)C)N(C)C(=O)[C@H](Cc1ccccc1)N(C)C(=O)C(COC(C)(C)C)NC(=O)[C@H](CC(C)C)N(C)C(=O)[C@H](C)N(C)C(=O)CCC)C(=O)N1CCCCC1)C(C)C. The summed E-state index contributed by atoms with van der Waals surface area (Å²) in [6.07, 6.45) is 5.68. The Balaban J connectivity index is 2.06. The summed E-state index contributed by atoms with van der Waals surface area (Å²) in [4.78, 5) is 167. The molecule has 532 valence electrons. The lowest BCUT2D eigenvalue weighted by Gasteiger charge is -2.38. The number of unbranched alkanes of at least 4 members (excludes halogenated alkanes) is 2. The van der Waals surface area contributed by atoms with Gasteiger partial charge in [-0.05, 0) is 108 Å². The zero-order chi connectivity index (χ0) is 71.6. The van der Waals surface area contributed by atoms with Crippen LogP contribution in [0.1, 0.15) is 165 Å². The van der Waals surface area contributed by atoms with Crippen LogP contribution in [0.15, 0.2) is 60.7 Å². The molecule has 24 nitrogen and oxygen atoms in total. The van der Waals surface area contributed by atoms with Gasteiger partial charge in [-0.3, -0.25) is 52.8 Å². The van der Waals surface area contributed by atoms with Crippen molar-refractivity contribution in [3.8, 4) is 0 Å². The van der Waals surface area contributed by atoms with Crippen molar-refractivity contribution in [2.75, 3.05) is 68.0 Å². The third-order valence-electron chi connectivity index (χ3n) is 17.5. The Labute approximate surface area is 566 Å². The minimum atomic E-state index is -1.38. The smallest absolute Gasteiger partial charge is 0.321 e. The van der Waals surface area contributed by atoms with Crippen LogP contribution in [0.2, 0.25) is 0 Å². The van der Waals surface area contributed by atoms with Crippen LogP contribution >= 0.6 is 0 Å². The fraction of sp³-hybridized carbons (Fsp3) is 0.676. The second-order valence-electron chi connectivity index (χ2n) is 27.8. The van der Waals surface area contributed by atoms with E-state index in [1.807, 2.05) is 77.9 Å². The summed E-state index contributed by atoms with van der Waals surface area (Å²) in [6, 6.07) is 6.65. The van der Waals surface area contributed by atoms with E-state index in [0.29, 0.717) is 31.5 Å². The standard InChI is InChI=1S/C71H116N12O12/c1-19-21-29-39-83(70(72)94)69(93)60(48(7)8)76-63(87)57(42-51-33-25-22-26-34-51)78(15)64(88)49(9)73-44-53(67(91)82-37-30-24-31-38-82)74-61(85)56(41-47(5)6)80(17)68(92)58(43-52-35-27-23-28-36-52)81(18)66(90)54(45-95-71(11,12)13)75-62(86)55(40-46(3)4)79(16)65(89)50(10)77(14)59(84)32-20-2/h22-23,25-28,33-36,46-50,53-58,60,73H,19-21,24,29-32,37-45H2,1-18H3,(H2,72,94)(H,74,85)(H,75,86)(H,76,87)/t49-,50+,53+,54?,55+,56+,57+,58+,60+/m1/s1. The third-order valence-corrected chi connectivity index (χ3v) is 17.5. The maximum absolute atomic E-state index is 15.5. The number of nitrogens with zero attached hydrogens (tertiary/aromatic N) is 7. The molecule has 0 radical (unpaired) electrons. The number of nitrogens with one attached hydrogen (secondary N) is 4. The highest BCUT2D eigenvalue weighted by Gasteiger charge is 2.42. The molecule has 1 unspecified atom stereocenters. The second kappa shape index (κ2) is 39.5. The molecule has 0 spiro atoms. The number of primary amides is 1. The summed E-state index contributed by atoms with van der Waals surface area (Å²) < 4.78 is 6.19. The summed E-state index contributed by atoms with van der Waals surface area (Å²) in [5, 5.41) is 11.9. The summed E-state index contributed by atoms with van der Waals surface area (Å²) in [7, 11) is 7.45. The number of rotatable bonds is 37. The van der Waals surface area contributed by atoms with Crippen molar-refractivity contribution in [3.05, 3.63) is 71.8 Å². The van der Waals surface area contributed by atoms with E-state index in [0.717, 1.165) is 42.6 Å². The molecule has 6 N–H and O–H groups in total. The average molecular weight is 1330 g/mol. The Morgan fingerprint density at radius 3 is 1.49 bits per heavy atom. The monoisotopic (exact) mass is 1330 g/mol. The molecule has 9 atom stereocenters. The van der Waals surface area contributed by atoms with Gasteiger partial charge >= 0.3 is 6.03 Å². The zero-order valence-corrected chi connectivity index (χ0v) is 60.3. The van der Waals surface area contributed by atoms with Crippen LogP contribution in [-0.2, 0) is 65.5 Å². The second-order valence-corrected chi connectivity index (χ2v) is 27.8. The number of likely N-dealkylation sites (N-methyl/N-ethyl adjacent to an activating group) is 5. The van der Waals surface area contributed by atoms with Gasteiger partial charge in [-0.2, -0.15) is 0 Å². The Bertz CT molecular complexity index is 2830. The number of urea groups is 1. The minimum Gasteiger partial charge on any atom is -0.373 e. The highest BCUT2D eigenvalue weighted by atomic mass is 16.5. The normalized spacial score (nSPS) is 15.4. The Morgan fingerprint density at radius 2 is 1.02 bits per heavy atom. The van der Waals surface area contributed by atoms with Gasteiger partial charge in [-0.25, -0.2) is 4.79 Å². The van der Waals surface area contributed by atoms with Gasteiger partial charge in [-0.15, -0.1) is 0 Å². The number of likely N-dealkylation sites (tertiary alicyclic amines) is 1. The minimum absolute atomic E-state index is 0.0177. The predicted octanol–water partition coefficient (Wildman–Crippen LogP) is 5.53. The fourth-order valence-corrected chi connectivity index (χ4v) is 11.5. The van der Waals surface area contributed by atoms with Crippen LogP contribution in [-0.4, -0.2) is 227 Å². The molecular weight excluding hydrogens is 1210 g/mol. The van der Waals surface area contributed by atoms with E-state index in [-0.39, 0.29) is 69.5 Å². The van der Waals surface area contributed by atoms with Crippen LogP contribution < -0.4 is 27.0 Å². The summed E-state index contributed by atoms with van der Waals surface area (Å²) in [5.74, 6) is -6.34. The first-order valence-electron chi connectivity index (χ1n) is 34.2. The number of benzene rings is 2. The summed E-state index contributed by atoms with van der Waals surface area (Å²) >= 11 is 0. The number of carbonyl (C=O) groups is 11. The summed E-state index contributed by atoms with van der Waals surface area (Å²) in [5.41, 5.74) is 6.31. The van der Waals surface area contributed by atoms with Crippen LogP contribution in [0.5, 0.6) is 0 Å². The van der Waals surface area contributed by atoms with Crippen molar-refractivity contribution in [3.63, 3.8) is 0 Å². The van der Waals surface area contributed by atoms with Gasteiger partial charge in [0, 0.05) is 80.7 Å². The first-order chi connectivity index (χ1) is 44.6. The van der Waals surface area contributed by atoms with E-state index in [1.54, 1.807) is 84.7 Å². The molecule has 12 amide bonds. The van der Waals surface area contributed by atoms with Crippen molar-refractivity contribution in [2.45, 2.75) is 227 Å². The first-order valence-corrected chi connectivity index (χ1v) is 34.2. The van der Waals surface area contributed by atoms with E-state index in [2.05, 4.69) is 21.3 Å². The van der Waals surface area contributed by atoms with E-state index < -0.39 is 125 Å². The van der Waals surface area contributed by atoms with Crippen LogP contribution in [0, 0.1) is 17.8 Å². The molecule has 1 aliphatic rings. The highest BCUT2D eigenvalue weighted by Crippen LogP contribution is 2.22. The average Bonchev–Trinajstić information content (AvgIpc) is 1.43. The van der Waals surface area contributed by atoms with Gasteiger partial charge in [0.25, 0.3) is 5.91 Å². The van der Waals surface area contributed by atoms with E-state index in [1.165, 1.54) is 52.7 Å². The van der Waals surface area contributed by atoms with Gasteiger partial charge in [0.2, 0.25) is 53.2 Å². The van der Waals surface area contributed by atoms with Gasteiger partial charge in [-0.1, -0.05) is 129 Å². The topological polar surface area (TPSA) is 294 Å². The number of piperidine rings is 1. The van der Waals surface area contributed by atoms with E-state index in [9.17, 15) is 38.4 Å². The molecule has 0 bridgehead atoms. The fourth-order valence-electron chi connectivity index (χ4n) is 11.5. The largest absolute Gasteiger partial charge is 0.373 e. The lowest BCUT2D eigenvalue weighted by Crippen LogP contribution is -2.62. The van der Waals surface area contributed by atoms with E-state index >= 15 is 14.4 Å². The molecular formula is C71H116N12O12. The molecule has 1 aliphatic heterocycles. The number of nitrogens with two attached hydrogens (primary N) is 1. The molecule has 0 aromatic heterocycles. The van der Waals surface area contributed by atoms with Crippen molar-refractivity contribution >= 4 is 65.1 Å². The Hall–Kier alpha value is -7.47. The summed E-state index contributed by atoms with van der Waals surface area (Å²) in [6.45, 7) is 23.8. The van der Waals surface area contributed by atoms with Crippen molar-refractivity contribution in [2.24, 2.45) is 23.5 Å². The quantitative estimate of drug-likeness (QED) is 0.0521. The van der Waals surface area contributed by atoms with Gasteiger partial charge < -0.3 is 61.1 Å². The highest BCUT2D eigenvalue weighted by molar-refractivity contribution is 6.00. The van der Waals surface area contributed by atoms with Crippen molar-refractivity contribution in [1.29, 1.82) is 0 Å². The van der Waals surface area contributed by atoms with Crippen LogP contribution in [0.25, 0.3) is 0 Å². The predicted molar refractivity (Wildman–Crippen MR) is 368 cm³/mol. The molecule has 2 aromatic rings. The Morgan fingerprint density at radius 1 is 0.547 bits per heavy atom. The zero-order valence-electron chi connectivity index (χ0n) is 60.3. The molecule has 95 heavy (non-hydrogen) atoms. The van der Waals surface area contributed by atoms with Gasteiger partial charge in [0.15, 0.2) is 0 Å². The van der Waals surface area contributed by atoms with Crippen molar-refractivity contribution < 1.29 is 57.5 Å². The van der Waals surface area contributed by atoms with Gasteiger partial charge in [0.05, 0.1) is 18.2 Å². The number of imide groups is 1. The third kappa shape index (κ3) is 25.6. The molecule has 0 saturated carbocycles. The van der Waals surface area contributed by atoms with Crippen LogP contribution in [0.4, 0.5) is 4.79 Å². The van der Waals surface area contributed by atoms with Crippen LogP contribution in [0.3, 0.4) is 0 Å². The number of hydrogen-bond acceptors (Lipinski definition) is 13. The number of hydrogen-bond donors (Lipinski definition) is 5. The van der Waals surface area contributed by atoms with Gasteiger partial charge in [0.1, 0.15) is 48.3 Å². The van der Waals surface area contributed by atoms with E-state index in [4.69, 9.17) is 10.5 Å². The molecule has 1 saturated heterocycles. The maximum Gasteiger partial charge on any atom is 0.321 e. The van der Waals surface area contributed by atoms with Crippen molar-refractivity contribution in [1.82, 2.24) is 55.6 Å². The first kappa shape index (κ1) is 81.8. The number of ether oxygens (including phenoxy) is 1. The molecule has 1 fully saturated rings. The molecule has 2 aromatic carbocycles. The number of amides is 12. The number of carbonyl (C=O) groups excluding carboxylic acids is 11. The lowest BCUT2D eigenvalue weighted by molar-refractivity contribution is -0.152. The molecule has 0 aliphatic carbocycles. The molecule has 1 heterocycles. The maximum atomic E-state index is 15.5. The Kier molecular flexibility index (Phi) is 34.0. The molecule has 24 heteroatoms.